The second kappa shape index (κ2) is 0.875. The largest absolute Gasteiger partial charge is 0.122 e. The van der Waals surface area contributed by atoms with E-state index in [0.717, 1.165) is 0 Å². The first-order chi connectivity index (χ1) is 2.00. The zero-order valence-corrected chi connectivity index (χ0v) is 2.44. The summed E-state index contributed by atoms with van der Waals surface area (Å²) in [5, 5.41) is 0. The minimum Gasteiger partial charge on any atom is -0.122 e. The van der Waals surface area contributed by atoms with E-state index in [4.69, 9.17) is 0 Å². The van der Waals surface area contributed by atoms with Gasteiger partial charge in [0.15, 0.2) is 0 Å². The van der Waals surface area contributed by atoms with Crippen LogP contribution in [0.5, 0.6) is 0 Å². The first kappa shape index (κ1) is 2.43. The van der Waals surface area contributed by atoms with E-state index in [1.165, 1.54) is 6.22 Å². The molecule has 0 spiro atoms. The molecule has 0 bridgehead atoms. The van der Waals surface area contributed by atoms with Gasteiger partial charge < -0.3 is 0 Å². The Hall–Kier alpha value is 0.195. The molecule has 0 unspecified atom stereocenters. The number of rotatable bonds is 0. The van der Waals surface area contributed by atoms with E-state index in [0.29, 0.717) is 0 Å². The van der Waals surface area contributed by atoms with Crippen LogP contribution in [0.2, 0.25) is 6.22 Å². The molecule has 0 aromatic heterocycles. The Morgan fingerprint density at radius 3 is 1.50 bits per heavy atom. The third kappa shape index (κ3) is 0.178. The highest BCUT2D eigenvalue weighted by atomic mass is 13.2. The zero-order valence-electron chi connectivity index (χ0n) is 2.44. The third-order valence-electron chi connectivity index (χ3n) is 0.544. The maximum atomic E-state index is 2.12. The van der Waals surface area contributed by atoms with Crippen molar-refractivity contribution in [3.8, 4) is 0 Å². The van der Waals surface area contributed by atoms with Gasteiger partial charge in [-0.2, -0.15) is 0 Å². The molecular formula is CH2B3. The summed E-state index contributed by atoms with van der Waals surface area (Å²) < 4.78 is 0. The van der Waals surface area contributed by atoms with Gasteiger partial charge in [-0.15, -0.1) is 6.22 Å². The van der Waals surface area contributed by atoms with Crippen LogP contribution in [0.1, 0.15) is 0 Å². The lowest BCUT2D eigenvalue weighted by molar-refractivity contribution is 2.06. The molecule has 1 saturated heterocycles. The second-order valence-corrected chi connectivity index (χ2v) is 0.900. The molecule has 0 amide bonds. The minimum atomic E-state index is 1.19. The molecular weight excluding hydrogens is 44.4 g/mol. The fourth-order valence-electron chi connectivity index (χ4n) is 0.136. The topological polar surface area (TPSA) is 0 Å². The Morgan fingerprint density at radius 1 is 1.25 bits per heavy atom. The predicted molar refractivity (Wildman–Crippen MR) is 22.1 cm³/mol. The number of hydrogen-bond donors (Lipinski definition) is 0. The van der Waals surface area contributed by atoms with Gasteiger partial charge in [0.2, 0.25) is 0 Å². The Bertz CT molecular complexity index is 11.2. The first-order valence-corrected chi connectivity index (χ1v) is 1.48. The summed E-state index contributed by atoms with van der Waals surface area (Å²) in [7, 11) is 6.31. The Kier molecular flexibility index (Phi) is 0.532. The molecule has 1 rings (SSSR count). The van der Waals surface area contributed by atoms with E-state index < -0.39 is 0 Å². The quantitative estimate of drug-likeness (QED) is 0.317. The highest BCUT2D eigenvalue weighted by Crippen LogP contribution is 1.80. The molecule has 0 nitrogen and oxygen atoms in total. The van der Waals surface area contributed by atoms with E-state index in [-0.39, 0.29) is 0 Å². The Labute approximate surface area is 28.7 Å². The monoisotopic (exact) mass is 47.0 g/mol. The van der Waals surface area contributed by atoms with E-state index in [1.807, 2.05) is 0 Å². The van der Waals surface area contributed by atoms with E-state index in [2.05, 4.69) is 21.4 Å². The van der Waals surface area contributed by atoms with E-state index >= 15 is 0 Å². The lowest BCUT2D eigenvalue weighted by Crippen LogP contribution is -2.26. The summed E-state index contributed by atoms with van der Waals surface area (Å²) in [6.45, 7) is 0. The zero-order chi connectivity index (χ0) is 2.83. The highest BCUT2D eigenvalue weighted by molar-refractivity contribution is 7.40. The van der Waals surface area contributed by atoms with Crippen LogP contribution in [0.15, 0.2) is 0 Å². The maximum Gasteiger partial charge on any atom is 0.0443 e. The van der Waals surface area contributed by atoms with Gasteiger partial charge in [-0.25, -0.2) is 0 Å². The van der Waals surface area contributed by atoms with Gasteiger partial charge in [-0.1, -0.05) is 0 Å². The van der Waals surface area contributed by atoms with Crippen LogP contribution < -0.4 is 0 Å². The Balaban J connectivity index is 2.00. The van der Waals surface area contributed by atoms with Crippen molar-refractivity contribution in [2.45, 2.75) is 6.22 Å². The van der Waals surface area contributed by atoms with Gasteiger partial charge in [-0.3, -0.25) is 0 Å². The van der Waals surface area contributed by atoms with Crippen molar-refractivity contribution in [3.63, 3.8) is 0 Å². The molecule has 0 saturated carbocycles. The molecule has 3 heteroatoms. The van der Waals surface area contributed by atoms with Gasteiger partial charge in [0.1, 0.15) is 0 Å². The van der Waals surface area contributed by atoms with Crippen LogP contribution in [-0.2, 0) is 0 Å². The maximum absolute atomic E-state index is 2.12. The number of hydrogen-bond acceptors (Lipinski definition) is 0. The average Bonchev–Trinajstić information content (AvgIpc) is 0.722. The van der Waals surface area contributed by atoms with Crippen molar-refractivity contribution in [2.75, 3.05) is 0 Å². The summed E-state index contributed by atoms with van der Waals surface area (Å²) in [5.41, 5.74) is 0. The minimum absolute atomic E-state index is 1.19. The van der Waals surface area contributed by atoms with Crippen molar-refractivity contribution >= 4 is 21.4 Å². The van der Waals surface area contributed by atoms with Crippen LogP contribution in [-0.4, -0.2) is 21.4 Å². The lowest BCUT2D eigenvalue weighted by atomic mass is 9.02. The van der Waals surface area contributed by atoms with Crippen LogP contribution in [0.3, 0.4) is 0 Å². The molecule has 0 aliphatic carbocycles. The van der Waals surface area contributed by atoms with Crippen molar-refractivity contribution in [2.24, 2.45) is 0 Å². The normalized spacial score (nSPS) is 18.0. The van der Waals surface area contributed by atoms with E-state index in [9.17, 15) is 0 Å². The van der Waals surface area contributed by atoms with Gasteiger partial charge in [0.05, 0.1) is 0 Å². The van der Waals surface area contributed by atoms with Crippen LogP contribution >= 0.6 is 0 Å². The molecule has 0 aromatic rings. The van der Waals surface area contributed by atoms with Gasteiger partial charge in [0, 0.05) is 21.4 Å². The van der Waals surface area contributed by atoms with Crippen molar-refractivity contribution in [3.05, 3.63) is 0 Å². The summed E-state index contributed by atoms with van der Waals surface area (Å²) in [6, 6.07) is 0. The predicted octanol–water partition coefficient (Wildman–Crippen LogP) is -0.682. The molecule has 1 fully saturated rings. The molecule has 3 radical (unpaired) electrons. The molecule has 1 aliphatic rings. The molecule has 0 atom stereocenters. The standard InChI is InChI=1S/CH2B3/c1-2-4-3-1/h1H2. The average molecular weight is 46.5 g/mol. The van der Waals surface area contributed by atoms with Crippen LogP contribution in [0.25, 0.3) is 0 Å². The summed E-state index contributed by atoms with van der Waals surface area (Å²) in [6.07, 6.45) is 1.19. The van der Waals surface area contributed by atoms with Crippen LogP contribution in [0, 0.1) is 0 Å². The molecule has 15 valence electrons. The molecule has 4 heavy (non-hydrogen) atoms. The summed E-state index contributed by atoms with van der Waals surface area (Å²) >= 11 is 0. The second-order valence-electron chi connectivity index (χ2n) is 0.900. The van der Waals surface area contributed by atoms with Gasteiger partial charge in [-0.05, 0) is 0 Å². The summed E-state index contributed by atoms with van der Waals surface area (Å²) in [5.74, 6) is 0. The smallest absolute Gasteiger partial charge is 0.0443 e. The summed E-state index contributed by atoms with van der Waals surface area (Å²) in [4.78, 5) is 0. The van der Waals surface area contributed by atoms with Gasteiger partial charge in [0.25, 0.3) is 0 Å². The van der Waals surface area contributed by atoms with Crippen molar-refractivity contribution in [1.82, 2.24) is 0 Å². The van der Waals surface area contributed by atoms with E-state index in [1.54, 1.807) is 0 Å². The SMILES string of the molecule is [B]1[B]C[B]1. The fraction of sp³-hybridized carbons (Fsp3) is 1.00. The lowest BCUT2D eigenvalue weighted by Gasteiger charge is -2.00. The highest BCUT2D eigenvalue weighted by Gasteiger charge is 2.00. The van der Waals surface area contributed by atoms with Crippen molar-refractivity contribution < 1.29 is 0 Å². The molecule has 1 aliphatic heterocycles. The van der Waals surface area contributed by atoms with Crippen molar-refractivity contribution in [1.29, 1.82) is 0 Å². The van der Waals surface area contributed by atoms with Gasteiger partial charge >= 0.3 is 0 Å². The third-order valence-corrected chi connectivity index (χ3v) is 0.544. The first-order valence-electron chi connectivity index (χ1n) is 1.48. The van der Waals surface area contributed by atoms with Crippen LogP contribution in [0.4, 0.5) is 0 Å². The molecule has 0 aromatic carbocycles. The molecule has 0 N–H and O–H groups in total. The fourth-order valence-corrected chi connectivity index (χ4v) is 0.136. The molecule has 1 heterocycles. The Morgan fingerprint density at radius 2 is 1.50 bits per heavy atom.